The summed E-state index contributed by atoms with van der Waals surface area (Å²) in [5.41, 5.74) is 0.378. The summed E-state index contributed by atoms with van der Waals surface area (Å²) in [5.74, 6) is 2.91. The lowest BCUT2D eigenvalue weighted by molar-refractivity contribution is 0.368. The van der Waals surface area contributed by atoms with Crippen LogP contribution < -0.4 is 5.32 Å². The summed E-state index contributed by atoms with van der Waals surface area (Å²) in [6.07, 6.45) is 4.04. The lowest BCUT2D eigenvalue weighted by Gasteiger charge is -2.30. The molecule has 0 aromatic heterocycles. The fraction of sp³-hybridized carbons (Fsp3) is 0.929. The zero-order chi connectivity index (χ0) is 12.5. The number of amidine groups is 1. The van der Waals surface area contributed by atoms with Crippen molar-refractivity contribution in [3.8, 4) is 0 Å². The second kappa shape index (κ2) is 5.21. The maximum Gasteiger partial charge on any atom is 0.156 e. The predicted octanol–water partition coefficient (Wildman–Crippen LogP) is 3.53. The molecule has 2 rings (SSSR count). The first-order valence-corrected chi connectivity index (χ1v) is 7.94. The van der Waals surface area contributed by atoms with Crippen LogP contribution >= 0.6 is 11.8 Å². The average molecular weight is 254 g/mol. The van der Waals surface area contributed by atoms with Crippen molar-refractivity contribution in [2.75, 3.05) is 12.3 Å². The molecular formula is C14H26N2S. The molecule has 0 aromatic rings. The topological polar surface area (TPSA) is 24.4 Å². The number of thioether (sulfide) groups is 1. The molecule has 0 saturated heterocycles. The molecule has 2 nitrogen and oxygen atoms in total. The highest BCUT2D eigenvalue weighted by atomic mass is 32.2. The van der Waals surface area contributed by atoms with Crippen LogP contribution in [0.15, 0.2) is 4.99 Å². The van der Waals surface area contributed by atoms with Gasteiger partial charge in [0.05, 0.1) is 0 Å². The Bertz CT molecular complexity index is 299. The number of rotatable bonds is 2. The van der Waals surface area contributed by atoms with Gasteiger partial charge in [-0.15, -0.1) is 0 Å². The number of hydrogen-bond acceptors (Lipinski definition) is 3. The third kappa shape index (κ3) is 3.18. The third-order valence-corrected chi connectivity index (χ3v) is 5.76. The summed E-state index contributed by atoms with van der Waals surface area (Å²) in [6.45, 7) is 10.3. The lowest BCUT2D eigenvalue weighted by Crippen LogP contribution is -2.39. The molecule has 1 heterocycles. The molecule has 1 fully saturated rings. The Labute approximate surface area is 110 Å². The van der Waals surface area contributed by atoms with Crippen LogP contribution in [-0.4, -0.2) is 23.5 Å². The van der Waals surface area contributed by atoms with Gasteiger partial charge in [-0.25, -0.2) is 0 Å². The van der Waals surface area contributed by atoms with Crippen LogP contribution in [0.25, 0.3) is 0 Å². The first kappa shape index (κ1) is 13.3. The highest BCUT2D eigenvalue weighted by Gasteiger charge is 2.33. The fourth-order valence-corrected chi connectivity index (χ4v) is 3.92. The summed E-state index contributed by atoms with van der Waals surface area (Å²) in [5, 5.41) is 4.88. The Balaban J connectivity index is 1.88. The molecule has 1 aliphatic heterocycles. The zero-order valence-electron chi connectivity index (χ0n) is 11.6. The Morgan fingerprint density at radius 3 is 2.71 bits per heavy atom. The summed E-state index contributed by atoms with van der Waals surface area (Å²) in [7, 11) is 0. The van der Waals surface area contributed by atoms with Gasteiger partial charge in [0.15, 0.2) is 5.17 Å². The van der Waals surface area contributed by atoms with Crippen molar-refractivity contribution in [3.63, 3.8) is 0 Å². The van der Waals surface area contributed by atoms with Gasteiger partial charge in [0.2, 0.25) is 0 Å². The monoisotopic (exact) mass is 254 g/mol. The van der Waals surface area contributed by atoms with E-state index in [1.165, 1.54) is 30.2 Å². The van der Waals surface area contributed by atoms with Crippen molar-refractivity contribution in [3.05, 3.63) is 0 Å². The summed E-state index contributed by atoms with van der Waals surface area (Å²) in [4.78, 5) is 4.70. The molecule has 17 heavy (non-hydrogen) atoms. The maximum atomic E-state index is 4.70. The first-order valence-electron chi connectivity index (χ1n) is 6.95. The van der Waals surface area contributed by atoms with E-state index in [1.807, 2.05) is 11.8 Å². The molecule has 2 aliphatic rings. The fourth-order valence-electron chi connectivity index (χ4n) is 2.91. The number of nitrogens with zero attached hydrogens (tertiary/aromatic N) is 1. The molecule has 0 spiro atoms. The smallest absolute Gasteiger partial charge is 0.156 e. The second-order valence-electron chi connectivity index (χ2n) is 6.43. The Morgan fingerprint density at radius 2 is 2.18 bits per heavy atom. The molecule has 0 bridgehead atoms. The molecule has 1 aliphatic carbocycles. The van der Waals surface area contributed by atoms with Crippen LogP contribution in [0.5, 0.6) is 0 Å². The minimum absolute atomic E-state index is 0.378. The van der Waals surface area contributed by atoms with Gasteiger partial charge in [-0.1, -0.05) is 45.9 Å². The van der Waals surface area contributed by atoms with Crippen molar-refractivity contribution < 1.29 is 0 Å². The van der Waals surface area contributed by atoms with E-state index in [1.54, 1.807) is 0 Å². The molecule has 3 atom stereocenters. The van der Waals surface area contributed by atoms with E-state index in [0.29, 0.717) is 11.5 Å². The minimum Gasteiger partial charge on any atom is -0.362 e. The van der Waals surface area contributed by atoms with Crippen LogP contribution in [0, 0.1) is 17.3 Å². The SMILES string of the molecule is CCC1CCC(NC2=NCC(C)(C)CS2)C1C. The molecule has 3 heteroatoms. The normalized spacial score (nSPS) is 36.7. The van der Waals surface area contributed by atoms with Gasteiger partial charge in [-0.3, -0.25) is 4.99 Å². The first-order chi connectivity index (χ1) is 8.02. The summed E-state index contributed by atoms with van der Waals surface area (Å²) in [6, 6.07) is 0.660. The standard InChI is InChI=1S/C14H26N2S/c1-5-11-6-7-12(10(11)2)16-13-15-8-14(3,4)9-17-13/h10-12H,5-9H2,1-4H3,(H,15,16). The van der Waals surface area contributed by atoms with Crippen molar-refractivity contribution in [1.29, 1.82) is 0 Å². The van der Waals surface area contributed by atoms with Gasteiger partial charge < -0.3 is 5.32 Å². The van der Waals surface area contributed by atoms with Gasteiger partial charge in [0.1, 0.15) is 0 Å². The van der Waals surface area contributed by atoms with Crippen LogP contribution in [0.1, 0.15) is 47.0 Å². The summed E-state index contributed by atoms with van der Waals surface area (Å²) < 4.78 is 0. The molecule has 98 valence electrons. The van der Waals surface area contributed by atoms with Crippen LogP contribution in [0.2, 0.25) is 0 Å². The van der Waals surface area contributed by atoms with E-state index in [2.05, 4.69) is 33.0 Å². The highest BCUT2D eigenvalue weighted by Crippen LogP contribution is 2.35. The summed E-state index contributed by atoms with van der Waals surface area (Å²) >= 11 is 1.91. The molecule has 0 radical (unpaired) electrons. The van der Waals surface area contributed by atoms with Crippen LogP contribution in [0.3, 0.4) is 0 Å². The predicted molar refractivity (Wildman–Crippen MR) is 77.6 cm³/mol. The average Bonchev–Trinajstić information content (AvgIpc) is 2.63. The highest BCUT2D eigenvalue weighted by molar-refractivity contribution is 8.13. The van der Waals surface area contributed by atoms with Gasteiger partial charge in [-0.2, -0.15) is 0 Å². The molecule has 3 unspecified atom stereocenters. The lowest BCUT2D eigenvalue weighted by atomic mass is 9.94. The van der Waals surface area contributed by atoms with Gasteiger partial charge in [0.25, 0.3) is 0 Å². The van der Waals surface area contributed by atoms with Crippen LogP contribution in [-0.2, 0) is 0 Å². The van der Waals surface area contributed by atoms with Crippen molar-refractivity contribution >= 4 is 16.9 Å². The van der Waals surface area contributed by atoms with E-state index < -0.39 is 0 Å². The van der Waals surface area contributed by atoms with Crippen molar-refractivity contribution in [1.82, 2.24) is 5.32 Å². The van der Waals surface area contributed by atoms with E-state index in [9.17, 15) is 0 Å². The van der Waals surface area contributed by atoms with E-state index in [-0.39, 0.29) is 0 Å². The largest absolute Gasteiger partial charge is 0.362 e. The van der Waals surface area contributed by atoms with E-state index >= 15 is 0 Å². The quantitative estimate of drug-likeness (QED) is 0.815. The Hall–Kier alpha value is -0.180. The van der Waals surface area contributed by atoms with Crippen molar-refractivity contribution in [2.45, 2.75) is 53.0 Å². The minimum atomic E-state index is 0.378. The number of aliphatic imine (C=N–C) groups is 1. The molecule has 1 saturated carbocycles. The maximum absolute atomic E-state index is 4.70. The molecule has 1 N–H and O–H groups in total. The van der Waals surface area contributed by atoms with Gasteiger partial charge in [-0.05, 0) is 30.1 Å². The molecule has 0 amide bonds. The number of nitrogens with one attached hydrogen (secondary N) is 1. The third-order valence-electron chi connectivity index (χ3n) is 4.31. The van der Waals surface area contributed by atoms with E-state index in [0.717, 1.165) is 18.4 Å². The molecule has 0 aromatic carbocycles. The second-order valence-corrected chi connectivity index (χ2v) is 7.39. The van der Waals surface area contributed by atoms with Crippen LogP contribution in [0.4, 0.5) is 0 Å². The zero-order valence-corrected chi connectivity index (χ0v) is 12.4. The van der Waals surface area contributed by atoms with Gasteiger partial charge in [0, 0.05) is 18.3 Å². The van der Waals surface area contributed by atoms with Gasteiger partial charge >= 0.3 is 0 Å². The van der Waals surface area contributed by atoms with E-state index in [4.69, 9.17) is 4.99 Å². The number of hydrogen-bond donors (Lipinski definition) is 1. The Kier molecular flexibility index (Phi) is 4.06. The van der Waals surface area contributed by atoms with Crippen molar-refractivity contribution in [2.24, 2.45) is 22.2 Å². The Morgan fingerprint density at radius 1 is 1.41 bits per heavy atom. The molecular weight excluding hydrogens is 228 g/mol.